The van der Waals surface area contributed by atoms with Crippen LogP contribution in [0.2, 0.25) is 0 Å². The Morgan fingerprint density at radius 2 is 2.25 bits per heavy atom. The van der Waals surface area contributed by atoms with Crippen molar-refractivity contribution in [1.29, 1.82) is 0 Å². The Hall–Kier alpha value is -0.840. The monoisotopic (exact) mass is 234 g/mol. The molecule has 0 fully saturated rings. The van der Waals surface area contributed by atoms with E-state index in [-0.39, 0.29) is 6.42 Å². The van der Waals surface area contributed by atoms with Crippen LogP contribution in [0.5, 0.6) is 0 Å². The predicted molar refractivity (Wildman–Crippen MR) is 58.5 cm³/mol. The molecule has 0 aromatic carbocycles. The van der Waals surface area contributed by atoms with Crippen LogP contribution in [0.1, 0.15) is 26.2 Å². The maximum Gasteiger partial charge on any atom is 0.395 e. The molecule has 1 unspecified atom stereocenters. The summed E-state index contributed by atoms with van der Waals surface area (Å²) in [6.07, 6.45) is 0.151. The maximum absolute atomic E-state index is 12.3. The quantitative estimate of drug-likeness (QED) is 0.743. The molecule has 16 heavy (non-hydrogen) atoms. The van der Waals surface area contributed by atoms with Crippen LogP contribution in [0.25, 0.3) is 0 Å². The van der Waals surface area contributed by atoms with E-state index >= 15 is 0 Å². The lowest BCUT2D eigenvalue weighted by molar-refractivity contribution is -0.162. The second kappa shape index (κ2) is 6.03. The fourth-order valence-corrected chi connectivity index (χ4v) is 1.53. The minimum Gasteiger partial charge on any atom is -0.298 e. The highest BCUT2D eigenvalue weighted by Gasteiger charge is 2.38. The second-order valence-electron chi connectivity index (χ2n) is 3.85. The molecule has 2 nitrogen and oxygen atoms in total. The molecule has 0 heterocycles. The predicted octanol–water partition coefficient (Wildman–Crippen LogP) is 2.91. The Morgan fingerprint density at radius 1 is 1.50 bits per heavy atom. The Balaban J connectivity index is 2.39. The number of halogens is 3. The summed E-state index contributed by atoms with van der Waals surface area (Å²) < 4.78 is 37.0. The Labute approximate surface area is 93.6 Å². The van der Waals surface area contributed by atoms with Gasteiger partial charge in [-0.05, 0) is 31.9 Å². The molecule has 0 saturated heterocycles. The summed E-state index contributed by atoms with van der Waals surface area (Å²) in [5.41, 5.74) is 0.754. The lowest BCUT2D eigenvalue weighted by atomic mass is 9.94. The third kappa shape index (κ3) is 4.35. The van der Waals surface area contributed by atoms with Gasteiger partial charge in [-0.25, -0.2) is 0 Å². The topological polar surface area (TPSA) is 24.4 Å². The molecule has 1 atom stereocenters. The molecular formula is C11H17F3N2. The van der Waals surface area contributed by atoms with Gasteiger partial charge >= 0.3 is 6.18 Å². The zero-order chi connectivity index (χ0) is 12.0. The van der Waals surface area contributed by atoms with Crippen molar-refractivity contribution in [2.75, 3.05) is 13.2 Å². The smallest absolute Gasteiger partial charge is 0.298 e. The molecule has 0 bridgehead atoms. The number of rotatable bonds is 4. The van der Waals surface area contributed by atoms with Gasteiger partial charge in [0.1, 0.15) is 0 Å². The molecule has 0 amide bonds. The highest BCUT2D eigenvalue weighted by molar-refractivity contribution is 5.95. The first-order chi connectivity index (χ1) is 7.54. The molecule has 0 spiro atoms. The van der Waals surface area contributed by atoms with E-state index in [4.69, 9.17) is 0 Å². The minimum atomic E-state index is -4.11. The fourth-order valence-electron chi connectivity index (χ4n) is 1.53. The van der Waals surface area contributed by atoms with Crippen molar-refractivity contribution in [1.82, 2.24) is 5.32 Å². The Bertz CT molecular complexity index is 269. The van der Waals surface area contributed by atoms with Gasteiger partial charge in [0, 0.05) is 5.71 Å². The van der Waals surface area contributed by atoms with Crippen molar-refractivity contribution in [3.63, 3.8) is 0 Å². The van der Waals surface area contributed by atoms with Crippen molar-refractivity contribution in [2.24, 2.45) is 10.9 Å². The summed E-state index contributed by atoms with van der Waals surface area (Å²) in [6, 6.07) is 0. The van der Waals surface area contributed by atoms with E-state index in [0.717, 1.165) is 18.7 Å². The summed E-state index contributed by atoms with van der Waals surface area (Å²) in [7, 11) is 0. The minimum absolute atomic E-state index is 0.118. The number of alkyl halides is 3. The molecule has 1 N–H and O–H groups in total. The first-order valence-corrected chi connectivity index (χ1v) is 5.53. The van der Waals surface area contributed by atoms with Crippen LogP contribution in [0.4, 0.5) is 13.2 Å². The summed E-state index contributed by atoms with van der Waals surface area (Å²) >= 11 is 0. The van der Waals surface area contributed by atoms with E-state index in [9.17, 15) is 13.2 Å². The van der Waals surface area contributed by atoms with Gasteiger partial charge in [0.25, 0.3) is 0 Å². The average Bonchev–Trinajstić information content (AvgIpc) is 2.24. The van der Waals surface area contributed by atoms with Gasteiger partial charge in [0.15, 0.2) is 0 Å². The molecule has 92 valence electrons. The largest absolute Gasteiger partial charge is 0.395 e. The number of nitrogens with zero attached hydrogens (tertiary/aromatic N) is 1. The normalized spacial score (nSPS) is 24.0. The highest BCUT2D eigenvalue weighted by atomic mass is 19.4. The molecule has 0 aromatic rings. The van der Waals surface area contributed by atoms with E-state index in [1.807, 2.05) is 0 Å². The van der Waals surface area contributed by atoms with Crippen molar-refractivity contribution < 1.29 is 13.2 Å². The van der Waals surface area contributed by atoms with Crippen molar-refractivity contribution >= 4 is 5.71 Å². The number of aliphatic imine (C=N–C) groups is 1. The van der Waals surface area contributed by atoms with Crippen LogP contribution in [-0.4, -0.2) is 25.1 Å². The van der Waals surface area contributed by atoms with Gasteiger partial charge in [0.05, 0.1) is 12.6 Å². The summed E-state index contributed by atoms with van der Waals surface area (Å²) in [5.74, 6) is -1.30. The molecule has 1 rings (SSSR count). The maximum atomic E-state index is 12.3. The summed E-state index contributed by atoms with van der Waals surface area (Å²) in [6.45, 7) is 3.42. The van der Waals surface area contributed by atoms with Crippen LogP contribution < -0.4 is 5.32 Å². The molecular weight excluding hydrogens is 217 g/mol. The summed E-state index contributed by atoms with van der Waals surface area (Å²) in [4.78, 5) is 4.19. The first kappa shape index (κ1) is 13.2. The van der Waals surface area contributed by atoms with Gasteiger partial charge < -0.3 is 0 Å². The number of hydrogen-bond acceptors (Lipinski definition) is 2. The average molecular weight is 234 g/mol. The van der Waals surface area contributed by atoms with Gasteiger partial charge in [-0.1, -0.05) is 13.0 Å². The Kier molecular flexibility index (Phi) is 4.99. The summed E-state index contributed by atoms with van der Waals surface area (Å²) in [5, 5.41) is 3.08. The second-order valence-corrected chi connectivity index (χ2v) is 3.85. The van der Waals surface area contributed by atoms with E-state index in [1.54, 1.807) is 0 Å². The molecule has 0 radical (unpaired) electrons. The van der Waals surface area contributed by atoms with E-state index in [2.05, 4.69) is 17.2 Å². The SMILES string of the molecule is CCCNCN=C1C=CC(C(F)(F)F)CC1. The molecule has 1 aliphatic rings. The van der Waals surface area contributed by atoms with Crippen molar-refractivity contribution in [3.8, 4) is 0 Å². The molecule has 0 aliphatic heterocycles. The van der Waals surface area contributed by atoms with Crippen LogP contribution in [0, 0.1) is 5.92 Å². The highest BCUT2D eigenvalue weighted by Crippen LogP contribution is 2.33. The molecule has 0 aromatic heterocycles. The van der Waals surface area contributed by atoms with Crippen LogP contribution >= 0.6 is 0 Å². The molecule has 5 heteroatoms. The Morgan fingerprint density at radius 3 is 2.75 bits per heavy atom. The van der Waals surface area contributed by atoms with Crippen LogP contribution in [-0.2, 0) is 0 Å². The van der Waals surface area contributed by atoms with Gasteiger partial charge in [-0.15, -0.1) is 0 Å². The third-order valence-corrected chi connectivity index (χ3v) is 2.47. The number of allylic oxidation sites excluding steroid dienone is 2. The van der Waals surface area contributed by atoms with Crippen LogP contribution in [0.3, 0.4) is 0 Å². The number of nitrogens with one attached hydrogen (secondary N) is 1. The van der Waals surface area contributed by atoms with Crippen LogP contribution in [0.15, 0.2) is 17.1 Å². The number of hydrogen-bond donors (Lipinski definition) is 1. The standard InChI is InChI=1S/C11H17F3N2/c1-2-7-15-8-16-10-5-3-9(4-6-10)11(12,13)14/h3,5,9,15H,2,4,6-8H2,1H3. The zero-order valence-corrected chi connectivity index (χ0v) is 9.35. The fraction of sp³-hybridized carbons (Fsp3) is 0.727. The van der Waals surface area contributed by atoms with E-state index < -0.39 is 12.1 Å². The van der Waals surface area contributed by atoms with E-state index in [0.29, 0.717) is 13.1 Å². The lowest BCUT2D eigenvalue weighted by Crippen LogP contribution is -2.24. The van der Waals surface area contributed by atoms with Gasteiger partial charge in [-0.2, -0.15) is 13.2 Å². The zero-order valence-electron chi connectivity index (χ0n) is 9.35. The third-order valence-electron chi connectivity index (χ3n) is 2.47. The van der Waals surface area contributed by atoms with Gasteiger partial charge in [-0.3, -0.25) is 10.3 Å². The van der Waals surface area contributed by atoms with Gasteiger partial charge in [0.2, 0.25) is 0 Å². The lowest BCUT2D eigenvalue weighted by Gasteiger charge is -2.20. The molecule has 0 saturated carbocycles. The van der Waals surface area contributed by atoms with E-state index in [1.165, 1.54) is 12.2 Å². The van der Waals surface area contributed by atoms with Crippen molar-refractivity contribution in [3.05, 3.63) is 12.2 Å². The molecule has 1 aliphatic carbocycles. The first-order valence-electron chi connectivity index (χ1n) is 5.53. The van der Waals surface area contributed by atoms with Crippen molar-refractivity contribution in [2.45, 2.75) is 32.4 Å².